The summed E-state index contributed by atoms with van der Waals surface area (Å²) in [5.74, 6) is -0.527. The lowest BCUT2D eigenvalue weighted by Crippen LogP contribution is -2.24. The van der Waals surface area contributed by atoms with Crippen molar-refractivity contribution in [1.82, 2.24) is 5.43 Å². The van der Waals surface area contributed by atoms with Gasteiger partial charge in [0, 0.05) is 0 Å². The standard InChI is InChI=1S/C9H9N3O2S/c10-9(15)12-11-5-8(14)6-3-1-2-4-7(6)13/h1-5,13H,(H3,10,12,15). The van der Waals surface area contributed by atoms with Crippen LogP contribution in [0.3, 0.4) is 0 Å². The summed E-state index contributed by atoms with van der Waals surface area (Å²) in [6, 6.07) is 6.17. The Balaban J connectivity index is 2.74. The van der Waals surface area contributed by atoms with E-state index in [1.54, 1.807) is 12.1 Å². The average Bonchev–Trinajstić information content (AvgIpc) is 2.17. The maximum atomic E-state index is 11.4. The Labute approximate surface area is 91.6 Å². The van der Waals surface area contributed by atoms with Gasteiger partial charge in [-0.05, 0) is 24.4 Å². The molecule has 5 nitrogen and oxygen atoms in total. The zero-order valence-electron chi connectivity index (χ0n) is 7.68. The fourth-order valence-electron chi connectivity index (χ4n) is 0.906. The van der Waals surface area contributed by atoms with E-state index in [0.29, 0.717) is 0 Å². The van der Waals surface area contributed by atoms with Crippen molar-refractivity contribution in [1.29, 1.82) is 0 Å². The minimum Gasteiger partial charge on any atom is -0.507 e. The Morgan fingerprint density at radius 3 is 2.80 bits per heavy atom. The van der Waals surface area contributed by atoms with E-state index in [-0.39, 0.29) is 16.4 Å². The van der Waals surface area contributed by atoms with Gasteiger partial charge >= 0.3 is 0 Å². The number of rotatable bonds is 3. The van der Waals surface area contributed by atoms with E-state index >= 15 is 0 Å². The molecular formula is C9H9N3O2S. The van der Waals surface area contributed by atoms with Gasteiger partial charge in [-0.1, -0.05) is 12.1 Å². The van der Waals surface area contributed by atoms with Crippen molar-refractivity contribution in [3.05, 3.63) is 29.8 Å². The van der Waals surface area contributed by atoms with Crippen LogP contribution in [0.2, 0.25) is 0 Å². The third-order valence-corrected chi connectivity index (χ3v) is 1.62. The molecule has 0 radical (unpaired) electrons. The number of nitrogens with zero attached hydrogens (tertiary/aromatic N) is 1. The Bertz CT molecular complexity index is 418. The topological polar surface area (TPSA) is 87.7 Å². The predicted molar refractivity (Wildman–Crippen MR) is 60.9 cm³/mol. The van der Waals surface area contributed by atoms with Crippen molar-refractivity contribution in [2.24, 2.45) is 10.8 Å². The monoisotopic (exact) mass is 223 g/mol. The summed E-state index contributed by atoms with van der Waals surface area (Å²) >= 11 is 4.48. The third kappa shape index (κ3) is 3.35. The molecule has 0 aliphatic carbocycles. The number of nitrogens with two attached hydrogens (primary N) is 1. The predicted octanol–water partition coefficient (Wildman–Crippen LogP) is 0.394. The van der Waals surface area contributed by atoms with Crippen molar-refractivity contribution in [2.45, 2.75) is 0 Å². The Morgan fingerprint density at radius 2 is 2.20 bits per heavy atom. The second-order valence-corrected chi connectivity index (χ2v) is 3.06. The summed E-state index contributed by atoms with van der Waals surface area (Å²) < 4.78 is 0. The Morgan fingerprint density at radius 1 is 1.53 bits per heavy atom. The molecule has 0 amide bonds. The molecule has 1 aromatic carbocycles. The lowest BCUT2D eigenvalue weighted by molar-refractivity contribution is 0.106. The van der Waals surface area contributed by atoms with Crippen LogP contribution in [0, 0.1) is 0 Å². The molecule has 78 valence electrons. The largest absolute Gasteiger partial charge is 0.507 e. The minimum atomic E-state index is -0.433. The van der Waals surface area contributed by atoms with Gasteiger partial charge in [-0.25, -0.2) is 0 Å². The zero-order chi connectivity index (χ0) is 11.3. The van der Waals surface area contributed by atoms with Crippen LogP contribution in [-0.4, -0.2) is 22.2 Å². The molecule has 0 fully saturated rings. The average molecular weight is 223 g/mol. The molecule has 1 rings (SSSR count). The molecule has 1 aromatic rings. The summed E-state index contributed by atoms with van der Waals surface area (Å²) in [5, 5.41) is 12.8. The number of nitrogens with one attached hydrogen (secondary N) is 1. The lowest BCUT2D eigenvalue weighted by Gasteiger charge is -1.98. The molecule has 0 bridgehead atoms. The number of Topliss-reactive ketones (excluding diaryl/α,β-unsaturated/α-hetero) is 1. The molecule has 0 aliphatic rings. The zero-order valence-corrected chi connectivity index (χ0v) is 8.49. The van der Waals surface area contributed by atoms with E-state index in [0.717, 1.165) is 6.21 Å². The number of ketones is 1. The minimum absolute atomic E-state index is 0.0312. The number of carbonyl (C=O) groups excluding carboxylic acids is 1. The van der Waals surface area contributed by atoms with Gasteiger partial charge in [0.1, 0.15) is 5.75 Å². The number of hydrogen-bond acceptors (Lipinski definition) is 4. The maximum Gasteiger partial charge on any atom is 0.209 e. The summed E-state index contributed by atoms with van der Waals surface area (Å²) in [6.07, 6.45) is 0.994. The number of carbonyl (C=O) groups is 1. The lowest BCUT2D eigenvalue weighted by atomic mass is 10.1. The normalized spacial score (nSPS) is 10.1. The van der Waals surface area contributed by atoms with Crippen LogP contribution in [0.4, 0.5) is 0 Å². The second-order valence-electron chi connectivity index (χ2n) is 2.62. The van der Waals surface area contributed by atoms with Crippen LogP contribution >= 0.6 is 12.2 Å². The van der Waals surface area contributed by atoms with Crippen molar-refractivity contribution in [2.75, 3.05) is 0 Å². The van der Waals surface area contributed by atoms with E-state index in [1.165, 1.54) is 12.1 Å². The number of benzene rings is 1. The summed E-state index contributed by atoms with van der Waals surface area (Å²) in [4.78, 5) is 11.4. The Kier molecular flexibility index (Phi) is 3.75. The molecule has 15 heavy (non-hydrogen) atoms. The fraction of sp³-hybridized carbons (Fsp3) is 0. The number of aromatic hydroxyl groups is 1. The Hall–Kier alpha value is -1.95. The van der Waals surface area contributed by atoms with Crippen molar-refractivity contribution < 1.29 is 9.90 Å². The van der Waals surface area contributed by atoms with Crippen LogP contribution < -0.4 is 11.2 Å². The molecule has 6 heteroatoms. The van der Waals surface area contributed by atoms with Gasteiger partial charge in [0.2, 0.25) is 5.78 Å². The maximum absolute atomic E-state index is 11.4. The van der Waals surface area contributed by atoms with Gasteiger partial charge in [0.05, 0.1) is 11.8 Å². The molecule has 0 saturated heterocycles. The first kappa shape index (κ1) is 11.1. The summed E-state index contributed by atoms with van der Waals surface area (Å²) in [6.45, 7) is 0. The van der Waals surface area contributed by atoms with Crippen LogP contribution in [0.1, 0.15) is 10.4 Å². The molecule has 0 unspecified atom stereocenters. The van der Waals surface area contributed by atoms with E-state index in [1.807, 2.05) is 0 Å². The number of hydrazone groups is 1. The number of para-hydroxylation sites is 1. The highest BCUT2D eigenvalue weighted by molar-refractivity contribution is 7.80. The highest BCUT2D eigenvalue weighted by atomic mass is 32.1. The smallest absolute Gasteiger partial charge is 0.209 e. The van der Waals surface area contributed by atoms with Gasteiger partial charge in [0.25, 0.3) is 0 Å². The van der Waals surface area contributed by atoms with Crippen LogP contribution in [-0.2, 0) is 0 Å². The molecule has 0 aromatic heterocycles. The van der Waals surface area contributed by atoms with Gasteiger partial charge in [-0.2, -0.15) is 5.10 Å². The molecule has 0 heterocycles. The third-order valence-electron chi connectivity index (χ3n) is 1.53. The highest BCUT2D eigenvalue weighted by Crippen LogP contribution is 2.14. The number of thiocarbonyl (C=S) groups is 1. The molecule has 0 aliphatic heterocycles. The fourth-order valence-corrected chi connectivity index (χ4v) is 0.959. The number of phenols is 1. The molecular weight excluding hydrogens is 214 g/mol. The van der Waals surface area contributed by atoms with Crippen LogP contribution in [0.5, 0.6) is 5.75 Å². The quantitative estimate of drug-likeness (QED) is 0.299. The van der Waals surface area contributed by atoms with E-state index in [4.69, 9.17) is 5.73 Å². The van der Waals surface area contributed by atoms with Crippen molar-refractivity contribution >= 4 is 29.3 Å². The first-order valence-electron chi connectivity index (χ1n) is 4.02. The van der Waals surface area contributed by atoms with Gasteiger partial charge in [-0.3, -0.25) is 10.2 Å². The van der Waals surface area contributed by atoms with E-state index in [9.17, 15) is 9.90 Å². The van der Waals surface area contributed by atoms with Crippen molar-refractivity contribution in [3.63, 3.8) is 0 Å². The van der Waals surface area contributed by atoms with Crippen molar-refractivity contribution in [3.8, 4) is 5.75 Å². The first-order valence-corrected chi connectivity index (χ1v) is 4.43. The summed E-state index contributed by atoms with van der Waals surface area (Å²) in [7, 11) is 0. The van der Waals surface area contributed by atoms with Crippen LogP contribution in [0.25, 0.3) is 0 Å². The first-order chi connectivity index (χ1) is 7.11. The van der Waals surface area contributed by atoms with Crippen LogP contribution in [0.15, 0.2) is 29.4 Å². The molecule has 0 spiro atoms. The van der Waals surface area contributed by atoms with E-state index < -0.39 is 5.78 Å². The highest BCUT2D eigenvalue weighted by Gasteiger charge is 2.06. The SMILES string of the molecule is NC(=S)NN=CC(=O)c1ccccc1O. The molecule has 0 atom stereocenters. The number of phenolic OH excluding ortho intramolecular Hbond substituents is 1. The number of hydrogen-bond donors (Lipinski definition) is 3. The summed E-state index contributed by atoms with van der Waals surface area (Å²) in [5.41, 5.74) is 7.51. The molecule has 0 saturated carbocycles. The van der Waals surface area contributed by atoms with Gasteiger partial charge in [0.15, 0.2) is 5.11 Å². The second kappa shape index (κ2) is 5.06. The van der Waals surface area contributed by atoms with Gasteiger partial charge < -0.3 is 10.8 Å². The molecule has 4 N–H and O–H groups in total. The van der Waals surface area contributed by atoms with E-state index in [2.05, 4.69) is 22.7 Å². The van der Waals surface area contributed by atoms with Gasteiger partial charge in [-0.15, -0.1) is 0 Å².